The first-order valence-electron chi connectivity index (χ1n) is 4.78. The van der Waals surface area contributed by atoms with E-state index in [0.29, 0.717) is 5.92 Å². The number of hydrogen-bond donors (Lipinski definition) is 0. The van der Waals surface area contributed by atoms with Crippen LogP contribution in [0.25, 0.3) is 5.52 Å². The summed E-state index contributed by atoms with van der Waals surface area (Å²) in [5.41, 5.74) is 1.06. The quantitative estimate of drug-likeness (QED) is 0.741. The SMILES string of the molecule is CC(C)Cc1ncc2cc(Cl)ccn12. The van der Waals surface area contributed by atoms with E-state index in [4.69, 9.17) is 11.6 Å². The normalized spacial score (nSPS) is 11.4. The molecule has 2 nitrogen and oxygen atoms in total. The van der Waals surface area contributed by atoms with E-state index in [-0.39, 0.29) is 0 Å². The molecule has 2 rings (SSSR count). The van der Waals surface area contributed by atoms with Crippen molar-refractivity contribution in [2.45, 2.75) is 20.3 Å². The van der Waals surface area contributed by atoms with Crippen LogP contribution in [0.5, 0.6) is 0 Å². The fourth-order valence-electron chi connectivity index (χ4n) is 1.54. The van der Waals surface area contributed by atoms with Gasteiger partial charge in [-0.2, -0.15) is 0 Å². The Morgan fingerprint density at radius 1 is 1.50 bits per heavy atom. The van der Waals surface area contributed by atoms with Crippen molar-refractivity contribution in [2.75, 3.05) is 0 Å². The zero-order valence-corrected chi connectivity index (χ0v) is 9.12. The van der Waals surface area contributed by atoms with Crippen LogP contribution in [0.2, 0.25) is 5.02 Å². The van der Waals surface area contributed by atoms with Crippen LogP contribution in [0.1, 0.15) is 19.7 Å². The molecule has 0 aromatic carbocycles. The third kappa shape index (κ3) is 1.75. The van der Waals surface area contributed by atoms with E-state index >= 15 is 0 Å². The smallest absolute Gasteiger partial charge is 0.113 e. The molecule has 74 valence electrons. The minimum atomic E-state index is 0.622. The van der Waals surface area contributed by atoms with Crippen molar-refractivity contribution in [1.82, 2.24) is 9.38 Å². The summed E-state index contributed by atoms with van der Waals surface area (Å²) in [7, 11) is 0. The van der Waals surface area contributed by atoms with Crippen LogP contribution in [0.4, 0.5) is 0 Å². The zero-order chi connectivity index (χ0) is 10.1. The molecular formula is C11H13ClN2. The highest BCUT2D eigenvalue weighted by Gasteiger charge is 2.05. The molecule has 0 N–H and O–H groups in total. The molecule has 2 aromatic heterocycles. The Bertz CT molecular complexity index is 445. The number of aromatic nitrogens is 2. The molecule has 3 heteroatoms. The van der Waals surface area contributed by atoms with Crippen molar-refractivity contribution in [3.05, 3.63) is 35.4 Å². The zero-order valence-electron chi connectivity index (χ0n) is 8.37. The number of nitrogens with zero attached hydrogens (tertiary/aromatic N) is 2. The van der Waals surface area contributed by atoms with E-state index in [9.17, 15) is 0 Å². The third-order valence-electron chi connectivity index (χ3n) is 2.16. The predicted molar refractivity (Wildman–Crippen MR) is 58.7 cm³/mol. The van der Waals surface area contributed by atoms with Crippen molar-refractivity contribution in [1.29, 1.82) is 0 Å². The number of pyridine rings is 1. The number of rotatable bonds is 2. The molecule has 0 atom stereocenters. The summed E-state index contributed by atoms with van der Waals surface area (Å²) in [6.07, 6.45) is 4.84. The molecule has 14 heavy (non-hydrogen) atoms. The van der Waals surface area contributed by atoms with Crippen molar-refractivity contribution < 1.29 is 0 Å². The summed E-state index contributed by atoms with van der Waals surface area (Å²) in [6.45, 7) is 4.38. The first-order chi connectivity index (χ1) is 6.66. The fraction of sp³-hybridized carbons (Fsp3) is 0.364. The minimum absolute atomic E-state index is 0.622. The van der Waals surface area contributed by atoms with Crippen LogP contribution in [-0.2, 0) is 6.42 Å². The Hall–Kier alpha value is -1.02. The lowest BCUT2D eigenvalue weighted by Crippen LogP contribution is -1.99. The molecule has 0 saturated carbocycles. The van der Waals surface area contributed by atoms with E-state index in [1.807, 2.05) is 24.5 Å². The van der Waals surface area contributed by atoms with Gasteiger partial charge >= 0.3 is 0 Å². The standard InChI is InChI=1S/C11H13ClN2/c1-8(2)5-11-13-7-10-6-9(12)3-4-14(10)11/h3-4,6-8H,5H2,1-2H3. The summed E-state index contributed by atoms with van der Waals surface area (Å²) in [4.78, 5) is 4.38. The molecule has 0 aliphatic rings. The van der Waals surface area contributed by atoms with Crippen LogP contribution in [-0.4, -0.2) is 9.38 Å². The first kappa shape index (κ1) is 9.53. The summed E-state index contributed by atoms with van der Waals surface area (Å²) in [5, 5.41) is 0.758. The fourth-order valence-corrected chi connectivity index (χ4v) is 1.71. The Kier molecular flexibility index (Phi) is 2.46. The average molecular weight is 209 g/mol. The van der Waals surface area contributed by atoms with Gasteiger partial charge in [0.2, 0.25) is 0 Å². The average Bonchev–Trinajstić information content (AvgIpc) is 2.47. The number of imidazole rings is 1. The molecule has 2 heterocycles. The Labute approximate surface area is 88.5 Å². The minimum Gasteiger partial charge on any atom is -0.304 e. The Morgan fingerprint density at radius 2 is 2.29 bits per heavy atom. The maximum Gasteiger partial charge on any atom is 0.113 e. The van der Waals surface area contributed by atoms with Gasteiger partial charge < -0.3 is 4.40 Å². The largest absolute Gasteiger partial charge is 0.304 e. The maximum absolute atomic E-state index is 5.89. The van der Waals surface area contributed by atoms with Gasteiger partial charge in [0.05, 0.1) is 11.7 Å². The molecule has 2 aromatic rings. The van der Waals surface area contributed by atoms with Crippen molar-refractivity contribution in [3.63, 3.8) is 0 Å². The van der Waals surface area contributed by atoms with E-state index in [2.05, 4.69) is 23.2 Å². The molecule has 0 amide bonds. The van der Waals surface area contributed by atoms with E-state index < -0.39 is 0 Å². The molecule has 0 aliphatic carbocycles. The van der Waals surface area contributed by atoms with Crippen molar-refractivity contribution >= 4 is 17.1 Å². The second-order valence-electron chi connectivity index (χ2n) is 3.91. The molecule has 0 fully saturated rings. The molecule has 0 aliphatic heterocycles. The van der Waals surface area contributed by atoms with Gasteiger partial charge in [-0.05, 0) is 18.1 Å². The molecule has 0 radical (unpaired) electrons. The van der Waals surface area contributed by atoms with Gasteiger partial charge in [0.15, 0.2) is 0 Å². The van der Waals surface area contributed by atoms with Crippen LogP contribution in [0.3, 0.4) is 0 Å². The highest BCUT2D eigenvalue weighted by molar-refractivity contribution is 6.30. The number of hydrogen-bond acceptors (Lipinski definition) is 1. The summed E-state index contributed by atoms with van der Waals surface area (Å²) in [5.74, 6) is 1.72. The van der Waals surface area contributed by atoms with Gasteiger partial charge in [0, 0.05) is 17.6 Å². The molecule has 0 bridgehead atoms. The van der Waals surface area contributed by atoms with E-state index in [1.165, 1.54) is 0 Å². The predicted octanol–water partition coefficient (Wildman–Crippen LogP) is 3.19. The van der Waals surface area contributed by atoms with Gasteiger partial charge in [0.25, 0.3) is 0 Å². The van der Waals surface area contributed by atoms with Crippen LogP contribution in [0, 0.1) is 5.92 Å². The van der Waals surface area contributed by atoms with Crippen LogP contribution >= 0.6 is 11.6 Å². The van der Waals surface area contributed by atoms with Crippen molar-refractivity contribution in [2.24, 2.45) is 5.92 Å². The lowest BCUT2D eigenvalue weighted by Gasteiger charge is -2.03. The first-order valence-corrected chi connectivity index (χ1v) is 5.16. The molecular weight excluding hydrogens is 196 g/mol. The second kappa shape index (κ2) is 3.62. The summed E-state index contributed by atoms with van der Waals surface area (Å²) < 4.78 is 2.09. The van der Waals surface area contributed by atoms with Crippen LogP contribution < -0.4 is 0 Å². The van der Waals surface area contributed by atoms with Gasteiger partial charge in [-0.25, -0.2) is 4.98 Å². The second-order valence-corrected chi connectivity index (χ2v) is 4.35. The lowest BCUT2D eigenvalue weighted by molar-refractivity contribution is 0.619. The molecule has 0 saturated heterocycles. The van der Waals surface area contributed by atoms with Gasteiger partial charge in [-0.15, -0.1) is 0 Å². The Balaban J connectivity index is 2.47. The monoisotopic (exact) mass is 208 g/mol. The highest BCUT2D eigenvalue weighted by atomic mass is 35.5. The van der Waals surface area contributed by atoms with Gasteiger partial charge in [-0.1, -0.05) is 25.4 Å². The van der Waals surface area contributed by atoms with Crippen molar-refractivity contribution in [3.8, 4) is 0 Å². The van der Waals surface area contributed by atoms with Crippen LogP contribution in [0.15, 0.2) is 24.5 Å². The summed E-state index contributed by atoms with van der Waals surface area (Å²) >= 11 is 5.89. The molecule has 0 unspecified atom stereocenters. The van der Waals surface area contributed by atoms with E-state index in [0.717, 1.165) is 22.8 Å². The summed E-state index contributed by atoms with van der Waals surface area (Å²) in [6, 6.07) is 3.82. The molecule has 0 spiro atoms. The number of halogens is 1. The topological polar surface area (TPSA) is 17.3 Å². The third-order valence-corrected chi connectivity index (χ3v) is 2.40. The maximum atomic E-state index is 5.89. The van der Waals surface area contributed by atoms with Gasteiger partial charge in [0.1, 0.15) is 5.82 Å². The Morgan fingerprint density at radius 3 is 3.00 bits per heavy atom. The lowest BCUT2D eigenvalue weighted by atomic mass is 10.1. The number of fused-ring (bicyclic) bond motifs is 1. The van der Waals surface area contributed by atoms with Gasteiger partial charge in [-0.3, -0.25) is 0 Å². The highest BCUT2D eigenvalue weighted by Crippen LogP contribution is 2.15. The van der Waals surface area contributed by atoms with E-state index in [1.54, 1.807) is 0 Å².